The zero-order valence-corrected chi connectivity index (χ0v) is 12.2. The summed E-state index contributed by atoms with van der Waals surface area (Å²) in [4.78, 5) is 0. The Morgan fingerprint density at radius 3 is 2.68 bits per heavy atom. The molecule has 2 rings (SSSR count). The van der Waals surface area contributed by atoms with E-state index in [0.29, 0.717) is 5.75 Å². The third kappa shape index (κ3) is 3.78. The fourth-order valence-electron chi connectivity index (χ4n) is 1.65. The highest BCUT2D eigenvalue weighted by molar-refractivity contribution is 9.10. The molecular formula is C15H15BrFNO. The van der Waals surface area contributed by atoms with Crippen LogP contribution in [0.15, 0.2) is 46.9 Å². The van der Waals surface area contributed by atoms with Gasteiger partial charge in [-0.05, 0) is 36.4 Å². The Bertz CT molecular complexity index is 560. The van der Waals surface area contributed by atoms with Crippen molar-refractivity contribution in [1.82, 2.24) is 5.32 Å². The third-order valence-electron chi connectivity index (χ3n) is 2.65. The quantitative estimate of drug-likeness (QED) is 0.875. The average Bonchev–Trinajstić information content (AvgIpc) is 2.40. The van der Waals surface area contributed by atoms with E-state index in [2.05, 4.69) is 28.2 Å². The van der Waals surface area contributed by atoms with E-state index in [-0.39, 0.29) is 11.6 Å². The van der Waals surface area contributed by atoms with Crippen molar-refractivity contribution in [2.45, 2.75) is 13.5 Å². The van der Waals surface area contributed by atoms with E-state index < -0.39 is 0 Å². The maximum absolute atomic E-state index is 13.5. The summed E-state index contributed by atoms with van der Waals surface area (Å²) in [7, 11) is 0. The van der Waals surface area contributed by atoms with E-state index in [1.165, 1.54) is 6.07 Å². The van der Waals surface area contributed by atoms with Crippen molar-refractivity contribution >= 4 is 15.9 Å². The second-order valence-electron chi connectivity index (χ2n) is 4.07. The number of hydrogen-bond acceptors (Lipinski definition) is 2. The Morgan fingerprint density at radius 1 is 1.21 bits per heavy atom. The van der Waals surface area contributed by atoms with Crippen LogP contribution in [0.5, 0.6) is 11.5 Å². The number of halogens is 2. The molecule has 100 valence electrons. The van der Waals surface area contributed by atoms with Crippen LogP contribution < -0.4 is 10.1 Å². The summed E-state index contributed by atoms with van der Waals surface area (Å²) in [5.74, 6) is 0.474. The summed E-state index contributed by atoms with van der Waals surface area (Å²) in [6, 6.07) is 12.0. The Balaban J connectivity index is 2.14. The Kier molecular flexibility index (Phi) is 4.93. The number of para-hydroxylation sites is 1. The van der Waals surface area contributed by atoms with Crippen LogP contribution in [-0.2, 0) is 6.54 Å². The topological polar surface area (TPSA) is 21.3 Å². The monoisotopic (exact) mass is 323 g/mol. The van der Waals surface area contributed by atoms with Crippen molar-refractivity contribution in [1.29, 1.82) is 0 Å². The first-order valence-electron chi connectivity index (χ1n) is 6.12. The number of benzene rings is 2. The van der Waals surface area contributed by atoms with E-state index in [1.807, 2.05) is 18.2 Å². The lowest BCUT2D eigenvalue weighted by Crippen LogP contribution is -2.11. The first-order chi connectivity index (χ1) is 9.20. The molecule has 4 heteroatoms. The first-order valence-corrected chi connectivity index (χ1v) is 6.91. The van der Waals surface area contributed by atoms with E-state index >= 15 is 0 Å². The summed E-state index contributed by atoms with van der Waals surface area (Å²) in [6.45, 7) is 3.76. The summed E-state index contributed by atoms with van der Waals surface area (Å²) >= 11 is 3.50. The standard InChI is InChI=1S/C15H15BrFNO/c1-2-18-10-11-7-8-12(9-13(11)16)19-15-6-4-3-5-14(15)17/h3-9,18H,2,10H2,1H3. The second kappa shape index (κ2) is 6.68. The maximum Gasteiger partial charge on any atom is 0.165 e. The van der Waals surface area contributed by atoms with Gasteiger partial charge < -0.3 is 10.1 Å². The molecule has 19 heavy (non-hydrogen) atoms. The molecule has 0 aliphatic heterocycles. The van der Waals surface area contributed by atoms with Gasteiger partial charge in [-0.25, -0.2) is 4.39 Å². The summed E-state index contributed by atoms with van der Waals surface area (Å²) < 4.78 is 19.9. The van der Waals surface area contributed by atoms with Crippen LogP contribution in [0.25, 0.3) is 0 Å². The molecule has 0 spiro atoms. The van der Waals surface area contributed by atoms with Gasteiger partial charge in [0.15, 0.2) is 11.6 Å². The number of hydrogen-bond donors (Lipinski definition) is 1. The molecule has 0 unspecified atom stereocenters. The molecule has 1 N–H and O–H groups in total. The van der Waals surface area contributed by atoms with E-state index in [0.717, 1.165) is 23.1 Å². The van der Waals surface area contributed by atoms with Crippen molar-refractivity contribution < 1.29 is 9.13 Å². The van der Waals surface area contributed by atoms with Crippen LogP contribution in [0, 0.1) is 5.82 Å². The fourth-order valence-corrected chi connectivity index (χ4v) is 2.15. The van der Waals surface area contributed by atoms with Crippen molar-refractivity contribution in [2.24, 2.45) is 0 Å². The fraction of sp³-hybridized carbons (Fsp3) is 0.200. The van der Waals surface area contributed by atoms with Crippen molar-refractivity contribution in [2.75, 3.05) is 6.54 Å². The molecule has 0 amide bonds. The molecule has 0 fully saturated rings. The van der Waals surface area contributed by atoms with E-state index in [4.69, 9.17) is 4.74 Å². The van der Waals surface area contributed by atoms with Gasteiger partial charge >= 0.3 is 0 Å². The Labute approximate surface area is 120 Å². The van der Waals surface area contributed by atoms with Gasteiger partial charge in [-0.3, -0.25) is 0 Å². The average molecular weight is 324 g/mol. The molecule has 0 atom stereocenters. The third-order valence-corrected chi connectivity index (χ3v) is 3.39. The molecule has 0 heterocycles. The second-order valence-corrected chi connectivity index (χ2v) is 4.92. The highest BCUT2D eigenvalue weighted by Gasteiger charge is 2.06. The molecule has 2 aromatic rings. The predicted octanol–water partition coefficient (Wildman–Crippen LogP) is 4.49. The molecular weight excluding hydrogens is 309 g/mol. The smallest absolute Gasteiger partial charge is 0.165 e. The van der Waals surface area contributed by atoms with Crippen LogP contribution >= 0.6 is 15.9 Å². The van der Waals surface area contributed by atoms with Gasteiger partial charge in [0.2, 0.25) is 0 Å². The van der Waals surface area contributed by atoms with Gasteiger partial charge in [-0.2, -0.15) is 0 Å². The number of ether oxygens (including phenoxy) is 1. The lowest BCUT2D eigenvalue weighted by molar-refractivity contribution is 0.442. The SMILES string of the molecule is CCNCc1ccc(Oc2ccccc2F)cc1Br. The zero-order chi connectivity index (χ0) is 13.7. The highest BCUT2D eigenvalue weighted by atomic mass is 79.9. The first kappa shape index (κ1) is 14.0. The molecule has 2 aromatic carbocycles. The number of rotatable bonds is 5. The van der Waals surface area contributed by atoms with Gasteiger partial charge in [0, 0.05) is 11.0 Å². The van der Waals surface area contributed by atoms with Gasteiger partial charge in [0.1, 0.15) is 5.75 Å². The lowest BCUT2D eigenvalue weighted by atomic mass is 10.2. The summed E-state index contributed by atoms with van der Waals surface area (Å²) in [5, 5.41) is 3.25. The summed E-state index contributed by atoms with van der Waals surface area (Å²) in [5.41, 5.74) is 1.14. The predicted molar refractivity (Wildman–Crippen MR) is 78.0 cm³/mol. The van der Waals surface area contributed by atoms with Crippen molar-refractivity contribution in [3.8, 4) is 11.5 Å². The summed E-state index contributed by atoms with van der Waals surface area (Å²) in [6.07, 6.45) is 0. The Morgan fingerprint density at radius 2 is 2.00 bits per heavy atom. The molecule has 2 nitrogen and oxygen atoms in total. The minimum Gasteiger partial charge on any atom is -0.454 e. The Hall–Kier alpha value is -1.39. The van der Waals surface area contributed by atoms with Crippen molar-refractivity contribution in [3.63, 3.8) is 0 Å². The van der Waals surface area contributed by atoms with Crippen LogP contribution in [0.1, 0.15) is 12.5 Å². The molecule has 0 saturated heterocycles. The molecule has 0 saturated carbocycles. The van der Waals surface area contributed by atoms with Crippen molar-refractivity contribution in [3.05, 3.63) is 58.3 Å². The van der Waals surface area contributed by atoms with Crippen LogP contribution in [0.4, 0.5) is 4.39 Å². The minimum absolute atomic E-state index is 0.230. The zero-order valence-electron chi connectivity index (χ0n) is 10.6. The minimum atomic E-state index is -0.365. The van der Waals surface area contributed by atoms with E-state index in [1.54, 1.807) is 18.2 Å². The van der Waals surface area contributed by atoms with Gasteiger partial charge in [-0.15, -0.1) is 0 Å². The normalized spacial score (nSPS) is 10.5. The van der Waals surface area contributed by atoms with Gasteiger partial charge in [-0.1, -0.05) is 41.1 Å². The van der Waals surface area contributed by atoms with Crippen LogP contribution in [0.2, 0.25) is 0 Å². The maximum atomic E-state index is 13.5. The molecule has 0 radical (unpaired) electrons. The lowest BCUT2D eigenvalue weighted by Gasteiger charge is -2.10. The van der Waals surface area contributed by atoms with E-state index in [9.17, 15) is 4.39 Å². The van der Waals surface area contributed by atoms with Gasteiger partial charge in [0.05, 0.1) is 0 Å². The molecule has 0 aromatic heterocycles. The molecule has 0 bridgehead atoms. The molecule has 0 aliphatic carbocycles. The highest BCUT2D eigenvalue weighted by Crippen LogP contribution is 2.28. The van der Waals surface area contributed by atoms with Crippen LogP contribution in [-0.4, -0.2) is 6.54 Å². The molecule has 0 aliphatic rings. The number of nitrogens with one attached hydrogen (secondary N) is 1. The van der Waals surface area contributed by atoms with Gasteiger partial charge in [0.25, 0.3) is 0 Å². The van der Waals surface area contributed by atoms with Crippen LogP contribution in [0.3, 0.4) is 0 Å². The largest absolute Gasteiger partial charge is 0.454 e.